The number of hydrogen-bond donors (Lipinski definition) is 1. The molecule has 0 aliphatic heterocycles. The number of carbonyl (C=O) groups is 1. The summed E-state index contributed by atoms with van der Waals surface area (Å²) in [5.41, 5.74) is -0.000519. The summed E-state index contributed by atoms with van der Waals surface area (Å²) in [5, 5.41) is 8.68. The molecule has 6 nitrogen and oxygen atoms in total. The number of rotatable bonds is 6. The van der Waals surface area contributed by atoms with Crippen LogP contribution < -0.4 is 0 Å². The van der Waals surface area contributed by atoms with Crippen LogP contribution >= 0.6 is 0 Å². The summed E-state index contributed by atoms with van der Waals surface area (Å²) >= 11 is 0. The van der Waals surface area contributed by atoms with E-state index in [4.69, 9.17) is 5.11 Å². The van der Waals surface area contributed by atoms with Crippen molar-refractivity contribution in [1.82, 2.24) is 0 Å². The van der Waals surface area contributed by atoms with E-state index in [1.165, 1.54) is 24.3 Å². The molecule has 1 atom stereocenters. The Morgan fingerprint density at radius 3 is 2.11 bits per heavy atom. The van der Waals surface area contributed by atoms with Gasteiger partial charge in [0.25, 0.3) is 0 Å². The summed E-state index contributed by atoms with van der Waals surface area (Å²) in [5.74, 6) is -1.78. The molecule has 0 bridgehead atoms. The lowest BCUT2D eigenvalue weighted by Crippen LogP contribution is -2.39. The van der Waals surface area contributed by atoms with Crippen LogP contribution in [0, 0.1) is 0 Å². The molecule has 19 heavy (non-hydrogen) atoms. The Morgan fingerprint density at radius 1 is 1.16 bits per heavy atom. The fraction of sp³-hybridized carbons (Fsp3) is 0.364. The highest BCUT2D eigenvalue weighted by Gasteiger charge is 2.41. The topological polar surface area (TPSA) is 106 Å². The third-order valence-corrected chi connectivity index (χ3v) is 6.90. The number of aliphatic hydroxyl groups excluding tert-OH is 1. The first kappa shape index (κ1) is 15.8. The van der Waals surface area contributed by atoms with Crippen molar-refractivity contribution in [1.29, 1.82) is 0 Å². The van der Waals surface area contributed by atoms with Gasteiger partial charge in [0, 0.05) is 11.8 Å². The van der Waals surface area contributed by atoms with Crippen LogP contribution in [-0.4, -0.2) is 50.9 Å². The molecular weight excluding hydrogens is 292 g/mol. The highest BCUT2D eigenvalue weighted by atomic mass is 32.3. The Bertz CT molecular complexity index is 646. The molecule has 0 radical (unpaired) electrons. The Balaban J connectivity index is 3.33. The van der Waals surface area contributed by atoms with E-state index in [2.05, 4.69) is 0 Å². The lowest BCUT2D eigenvalue weighted by atomic mass is 10.1. The van der Waals surface area contributed by atoms with Crippen LogP contribution in [0.1, 0.15) is 10.4 Å². The molecule has 0 fully saturated rings. The Kier molecular flexibility index (Phi) is 4.83. The minimum absolute atomic E-state index is 0.000519. The summed E-state index contributed by atoms with van der Waals surface area (Å²) in [6.45, 7) is -0.740. The van der Waals surface area contributed by atoms with E-state index < -0.39 is 42.4 Å². The summed E-state index contributed by atoms with van der Waals surface area (Å²) in [7, 11) is -8.41. The average molecular weight is 306 g/mol. The quantitative estimate of drug-likeness (QED) is 0.720. The number of aliphatic hydroxyl groups is 1. The molecule has 1 rings (SSSR count). The van der Waals surface area contributed by atoms with Crippen molar-refractivity contribution in [2.24, 2.45) is 0 Å². The van der Waals surface area contributed by atoms with Gasteiger partial charge in [-0.2, -0.15) is 0 Å². The molecule has 8 heteroatoms. The maximum absolute atomic E-state index is 12.1. The van der Waals surface area contributed by atoms with E-state index in [0.717, 1.165) is 0 Å². The predicted octanol–water partition coefficient (Wildman–Crippen LogP) is -0.353. The van der Waals surface area contributed by atoms with E-state index in [1.807, 2.05) is 0 Å². The summed E-state index contributed by atoms with van der Waals surface area (Å²) < 4.78 is 44.7. The third kappa shape index (κ3) is 3.85. The molecule has 1 aromatic rings. The minimum Gasteiger partial charge on any atom is -0.395 e. The lowest BCUT2D eigenvalue weighted by Gasteiger charge is -2.14. The Morgan fingerprint density at radius 2 is 1.68 bits per heavy atom. The predicted molar refractivity (Wildman–Crippen MR) is 70.3 cm³/mol. The summed E-state index contributed by atoms with van der Waals surface area (Å²) in [4.78, 5) is 12.1. The van der Waals surface area contributed by atoms with Gasteiger partial charge in [-0.1, -0.05) is 30.3 Å². The van der Waals surface area contributed by atoms with Crippen molar-refractivity contribution in [3.63, 3.8) is 0 Å². The second kappa shape index (κ2) is 5.81. The van der Waals surface area contributed by atoms with Gasteiger partial charge in [-0.25, -0.2) is 16.8 Å². The maximum atomic E-state index is 12.1. The van der Waals surface area contributed by atoms with Gasteiger partial charge >= 0.3 is 0 Å². The smallest absolute Gasteiger partial charge is 0.224 e. The fourth-order valence-electron chi connectivity index (χ4n) is 1.60. The number of hydrogen-bond acceptors (Lipinski definition) is 6. The van der Waals surface area contributed by atoms with Gasteiger partial charge in [-0.15, -0.1) is 0 Å². The van der Waals surface area contributed by atoms with Gasteiger partial charge in [-0.05, 0) is 0 Å². The standard InChI is InChI=1S/C11H14O6S2/c1-18(14,15)11(19(16,17)8-7-12)10(13)9-5-3-2-4-6-9/h2-6,11-12H,7-8H2,1H3. The van der Waals surface area contributed by atoms with Crippen LogP contribution in [0.4, 0.5) is 0 Å². The van der Waals surface area contributed by atoms with Crippen LogP contribution in [0.15, 0.2) is 30.3 Å². The molecule has 1 unspecified atom stereocenters. The van der Waals surface area contributed by atoms with Crippen LogP contribution in [-0.2, 0) is 19.7 Å². The van der Waals surface area contributed by atoms with Crippen molar-refractivity contribution in [3.8, 4) is 0 Å². The van der Waals surface area contributed by atoms with Crippen LogP contribution in [0.25, 0.3) is 0 Å². The zero-order valence-corrected chi connectivity index (χ0v) is 11.8. The van der Waals surface area contributed by atoms with Gasteiger partial charge < -0.3 is 5.11 Å². The van der Waals surface area contributed by atoms with Gasteiger partial charge in [0.1, 0.15) is 0 Å². The van der Waals surface area contributed by atoms with Gasteiger partial charge in [0.05, 0.1) is 12.4 Å². The normalized spacial score (nSPS) is 14.0. The SMILES string of the molecule is CS(=O)(=O)C(C(=O)c1ccccc1)S(=O)(=O)CCO. The van der Waals surface area contributed by atoms with Gasteiger partial charge in [-0.3, -0.25) is 4.79 Å². The summed E-state index contributed by atoms with van der Waals surface area (Å²) in [6.07, 6.45) is 0.688. The zero-order chi connectivity index (χ0) is 14.7. The molecule has 0 amide bonds. The molecule has 0 aliphatic carbocycles. The monoisotopic (exact) mass is 306 g/mol. The number of ketones is 1. The molecule has 0 aliphatic rings. The fourth-order valence-corrected chi connectivity index (χ4v) is 5.47. The van der Waals surface area contributed by atoms with E-state index in [9.17, 15) is 21.6 Å². The van der Waals surface area contributed by atoms with E-state index in [0.29, 0.717) is 6.26 Å². The highest BCUT2D eigenvalue weighted by Crippen LogP contribution is 2.16. The van der Waals surface area contributed by atoms with Crippen molar-refractivity contribution in [2.45, 2.75) is 4.58 Å². The van der Waals surface area contributed by atoms with Crippen LogP contribution in [0.3, 0.4) is 0 Å². The lowest BCUT2D eigenvalue weighted by molar-refractivity contribution is 0.101. The van der Waals surface area contributed by atoms with E-state index in [1.54, 1.807) is 6.07 Å². The second-order valence-electron chi connectivity index (χ2n) is 3.98. The van der Waals surface area contributed by atoms with Crippen molar-refractivity contribution in [2.75, 3.05) is 18.6 Å². The molecule has 0 saturated heterocycles. The number of sulfone groups is 2. The summed E-state index contributed by atoms with van der Waals surface area (Å²) in [6, 6.07) is 7.31. The maximum Gasteiger partial charge on any atom is 0.224 e. The van der Waals surface area contributed by atoms with Crippen LogP contribution in [0.5, 0.6) is 0 Å². The van der Waals surface area contributed by atoms with Crippen molar-refractivity contribution >= 4 is 25.5 Å². The largest absolute Gasteiger partial charge is 0.395 e. The van der Waals surface area contributed by atoms with Crippen molar-refractivity contribution < 1.29 is 26.7 Å². The third-order valence-electron chi connectivity index (χ3n) is 2.36. The molecule has 0 saturated carbocycles. The van der Waals surface area contributed by atoms with E-state index in [-0.39, 0.29) is 5.56 Å². The molecule has 0 aromatic heterocycles. The molecular formula is C11H14O6S2. The Labute approximate surface area is 111 Å². The molecule has 1 N–H and O–H groups in total. The number of Topliss-reactive ketones (excluding diaryl/α,β-unsaturated/α-hetero) is 1. The molecule has 0 heterocycles. The van der Waals surface area contributed by atoms with Gasteiger partial charge in [0.15, 0.2) is 25.5 Å². The van der Waals surface area contributed by atoms with Crippen LogP contribution in [0.2, 0.25) is 0 Å². The Hall–Kier alpha value is -1.25. The first-order chi connectivity index (χ1) is 8.70. The number of benzene rings is 1. The first-order valence-electron chi connectivity index (χ1n) is 5.30. The van der Waals surface area contributed by atoms with Gasteiger partial charge in [0.2, 0.25) is 4.58 Å². The van der Waals surface area contributed by atoms with E-state index >= 15 is 0 Å². The molecule has 0 spiro atoms. The zero-order valence-electron chi connectivity index (χ0n) is 10.2. The highest BCUT2D eigenvalue weighted by molar-refractivity contribution is 8.09. The van der Waals surface area contributed by atoms with Crippen molar-refractivity contribution in [3.05, 3.63) is 35.9 Å². The molecule has 1 aromatic carbocycles. The average Bonchev–Trinajstić information content (AvgIpc) is 2.27. The first-order valence-corrected chi connectivity index (χ1v) is 8.97. The second-order valence-corrected chi connectivity index (χ2v) is 8.62. The molecule has 106 valence electrons. The number of carbonyl (C=O) groups excluding carboxylic acids is 1. The minimum atomic E-state index is -4.27.